The number of nitrogens with two attached hydrogens (primary N) is 1. The van der Waals surface area contributed by atoms with Gasteiger partial charge >= 0.3 is 0 Å². The van der Waals surface area contributed by atoms with Gasteiger partial charge in [-0.2, -0.15) is 15.0 Å². The fraction of sp³-hybridized carbons (Fsp3) is 0.400. The number of hydrogen-bond donors (Lipinski definition) is 2. The molecule has 1 aliphatic rings. The van der Waals surface area contributed by atoms with Gasteiger partial charge in [-0.1, -0.05) is 18.2 Å². The summed E-state index contributed by atoms with van der Waals surface area (Å²) in [5.41, 5.74) is 5.00. The highest BCUT2D eigenvalue weighted by Crippen LogP contribution is 2.33. The summed E-state index contributed by atoms with van der Waals surface area (Å²) in [6.45, 7) is 3.36. The highest BCUT2D eigenvalue weighted by molar-refractivity contribution is 5.43. The fourth-order valence-electron chi connectivity index (χ4n) is 2.37. The number of hydrogen-bond acceptors (Lipinski definition) is 6. The third-order valence-corrected chi connectivity index (χ3v) is 3.45. The summed E-state index contributed by atoms with van der Waals surface area (Å²) >= 11 is 0. The molecule has 1 atom stereocenters. The van der Waals surface area contributed by atoms with E-state index in [9.17, 15) is 4.39 Å². The average Bonchev–Trinajstić information content (AvgIpc) is 2.46. The van der Waals surface area contributed by atoms with Crippen molar-refractivity contribution >= 4 is 11.9 Å². The van der Waals surface area contributed by atoms with Gasteiger partial charge in [0, 0.05) is 12.0 Å². The first-order chi connectivity index (χ1) is 10.4. The van der Waals surface area contributed by atoms with Gasteiger partial charge in [0.05, 0.1) is 12.6 Å². The molecule has 3 N–H and O–H groups in total. The molecule has 2 heterocycles. The van der Waals surface area contributed by atoms with E-state index in [1.54, 1.807) is 0 Å². The van der Waals surface area contributed by atoms with Gasteiger partial charge in [0.15, 0.2) is 11.5 Å². The van der Waals surface area contributed by atoms with E-state index in [1.165, 1.54) is 13.8 Å². The SMILES string of the molecule is CC(C)(F)c1nc(N)nc(NC2CCOc3ccccc32)n1. The monoisotopic (exact) mass is 303 g/mol. The Labute approximate surface area is 128 Å². The van der Waals surface area contributed by atoms with Gasteiger partial charge in [-0.3, -0.25) is 0 Å². The minimum absolute atomic E-state index is 0.00132. The van der Waals surface area contributed by atoms with Crippen LogP contribution in [0.4, 0.5) is 16.3 Å². The summed E-state index contributed by atoms with van der Waals surface area (Å²) in [5, 5.41) is 3.20. The lowest BCUT2D eigenvalue weighted by Crippen LogP contribution is -2.23. The van der Waals surface area contributed by atoms with Crippen LogP contribution in [0.2, 0.25) is 0 Å². The molecule has 0 radical (unpaired) electrons. The van der Waals surface area contributed by atoms with E-state index >= 15 is 0 Å². The van der Waals surface area contributed by atoms with Crippen molar-refractivity contribution in [3.63, 3.8) is 0 Å². The van der Waals surface area contributed by atoms with Crippen LogP contribution < -0.4 is 15.8 Å². The molecule has 1 aromatic carbocycles. The van der Waals surface area contributed by atoms with E-state index in [4.69, 9.17) is 10.5 Å². The molecule has 1 unspecified atom stereocenters. The standard InChI is InChI=1S/C15H18FN5O/c1-15(2,16)12-19-13(17)21-14(20-12)18-10-7-8-22-11-6-4-3-5-9(10)11/h3-6,10H,7-8H2,1-2H3,(H3,17,18,19,20,21). The Balaban J connectivity index is 1.90. The van der Waals surface area contributed by atoms with E-state index in [2.05, 4.69) is 20.3 Å². The van der Waals surface area contributed by atoms with Crippen molar-refractivity contribution in [2.24, 2.45) is 0 Å². The Bertz CT molecular complexity index is 686. The number of nitrogens with one attached hydrogen (secondary N) is 1. The number of aromatic nitrogens is 3. The highest BCUT2D eigenvalue weighted by atomic mass is 19.1. The average molecular weight is 303 g/mol. The molecule has 1 aromatic heterocycles. The second-order valence-electron chi connectivity index (χ2n) is 5.69. The zero-order valence-corrected chi connectivity index (χ0v) is 12.5. The smallest absolute Gasteiger partial charge is 0.228 e. The molecule has 0 bridgehead atoms. The predicted octanol–water partition coefficient (Wildman–Crippen LogP) is 2.59. The van der Waals surface area contributed by atoms with E-state index in [0.29, 0.717) is 6.61 Å². The van der Waals surface area contributed by atoms with Gasteiger partial charge in [0.25, 0.3) is 0 Å². The van der Waals surface area contributed by atoms with Crippen LogP contribution in [0.1, 0.15) is 37.7 Å². The number of anilines is 2. The minimum Gasteiger partial charge on any atom is -0.493 e. The molecule has 2 aromatic rings. The first kappa shape index (κ1) is 14.5. The van der Waals surface area contributed by atoms with Crippen LogP contribution in [0.3, 0.4) is 0 Å². The molecule has 0 saturated carbocycles. The third-order valence-electron chi connectivity index (χ3n) is 3.45. The normalized spacial score (nSPS) is 17.5. The van der Waals surface area contributed by atoms with E-state index in [0.717, 1.165) is 17.7 Å². The van der Waals surface area contributed by atoms with Crippen LogP contribution >= 0.6 is 0 Å². The van der Waals surface area contributed by atoms with Crippen molar-refractivity contribution in [2.75, 3.05) is 17.7 Å². The summed E-state index contributed by atoms with van der Waals surface area (Å²) in [6.07, 6.45) is 0.761. The van der Waals surface area contributed by atoms with Crippen LogP contribution in [0, 0.1) is 0 Å². The topological polar surface area (TPSA) is 86.0 Å². The Morgan fingerprint density at radius 2 is 2.05 bits per heavy atom. The van der Waals surface area contributed by atoms with Crippen LogP contribution in [-0.2, 0) is 5.67 Å². The molecule has 0 saturated heterocycles. The zero-order valence-electron chi connectivity index (χ0n) is 12.5. The molecule has 0 amide bonds. The van der Waals surface area contributed by atoms with Gasteiger partial charge < -0.3 is 15.8 Å². The maximum absolute atomic E-state index is 14.0. The van der Waals surface area contributed by atoms with Crippen molar-refractivity contribution in [3.8, 4) is 5.75 Å². The lowest BCUT2D eigenvalue weighted by molar-refractivity contribution is 0.206. The van der Waals surface area contributed by atoms with Gasteiger partial charge in [0.1, 0.15) is 5.75 Å². The third kappa shape index (κ3) is 2.93. The van der Waals surface area contributed by atoms with Gasteiger partial charge in [-0.05, 0) is 19.9 Å². The van der Waals surface area contributed by atoms with Crippen LogP contribution in [0.25, 0.3) is 0 Å². The quantitative estimate of drug-likeness (QED) is 0.906. The molecule has 22 heavy (non-hydrogen) atoms. The van der Waals surface area contributed by atoms with Crippen molar-refractivity contribution < 1.29 is 9.13 Å². The summed E-state index contributed by atoms with van der Waals surface area (Å²) in [4.78, 5) is 12.1. The largest absolute Gasteiger partial charge is 0.493 e. The van der Waals surface area contributed by atoms with Gasteiger partial charge in [-0.25, -0.2) is 4.39 Å². The second-order valence-corrected chi connectivity index (χ2v) is 5.69. The van der Waals surface area contributed by atoms with Crippen LogP contribution in [0.5, 0.6) is 5.75 Å². The number of ether oxygens (including phenoxy) is 1. The van der Waals surface area contributed by atoms with Crippen molar-refractivity contribution in [1.82, 2.24) is 15.0 Å². The summed E-state index contributed by atoms with van der Waals surface area (Å²) in [5.74, 6) is 1.12. The summed E-state index contributed by atoms with van der Waals surface area (Å²) in [7, 11) is 0. The maximum atomic E-state index is 14.0. The molecule has 6 nitrogen and oxygen atoms in total. The second kappa shape index (κ2) is 5.40. The minimum atomic E-state index is -1.68. The summed E-state index contributed by atoms with van der Waals surface area (Å²) < 4.78 is 19.7. The fourth-order valence-corrected chi connectivity index (χ4v) is 2.37. The number of benzene rings is 1. The van der Waals surface area contributed by atoms with Gasteiger partial charge in [0.2, 0.25) is 11.9 Å². The number of halogens is 1. The number of nitrogen functional groups attached to an aromatic ring is 1. The Morgan fingerprint density at radius 1 is 1.27 bits per heavy atom. The van der Waals surface area contributed by atoms with Crippen LogP contribution in [0.15, 0.2) is 24.3 Å². The van der Waals surface area contributed by atoms with E-state index < -0.39 is 5.67 Å². The van der Waals surface area contributed by atoms with Gasteiger partial charge in [-0.15, -0.1) is 0 Å². The first-order valence-electron chi connectivity index (χ1n) is 7.13. The van der Waals surface area contributed by atoms with E-state index in [1.807, 2.05) is 24.3 Å². The number of nitrogens with zero attached hydrogens (tertiary/aromatic N) is 3. The molecular formula is C15H18FN5O. The molecule has 116 valence electrons. The number of fused-ring (bicyclic) bond motifs is 1. The first-order valence-corrected chi connectivity index (χ1v) is 7.13. The van der Waals surface area contributed by atoms with Crippen molar-refractivity contribution in [2.45, 2.75) is 32.0 Å². The lowest BCUT2D eigenvalue weighted by Gasteiger charge is -2.26. The molecule has 0 aliphatic carbocycles. The number of rotatable bonds is 3. The number of para-hydroxylation sites is 1. The molecular weight excluding hydrogens is 285 g/mol. The molecule has 7 heteroatoms. The summed E-state index contributed by atoms with van der Waals surface area (Å²) in [6, 6.07) is 7.76. The lowest BCUT2D eigenvalue weighted by atomic mass is 10.0. The molecule has 1 aliphatic heterocycles. The maximum Gasteiger partial charge on any atom is 0.228 e. The van der Waals surface area contributed by atoms with Crippen molar-refractivity contribution in [3.05, 3.63) is 35.7 Å². The van der Waals surface area contributed by atoms with Crippen LogP contribution in [-0.4, -0.2) is 21.6 Å². The Hall–Kier alpha value is -2.44. The predicted molar refractivity (Wildman–Crippen MR) is 81.3 cm³/mol. The van der Waals surface area contributed by atoms with Crippen molar-refractivity contribution in [1.29, 1.82) is 0 Å². The number of alkyl halides is 1. The zero-order chi connectivity index (χ0) is 15.7. The molecule has 3 rings (SSSR count). The molecule has 0 fully saturated rings. The Morgan fingerprint density at radius 3 is 2.82 bits per heavy atom. The Kier molecular flexibility index (Phi) is 3.56. The van der Waals surface area contributed by atoms with E-state index in [-0.39, 0.29) is 23.8 Å². The highest BCUT2D eigenvalue weighted by Gasteiger charge is 2.26. The molecule has 0 spiro atoms.